The highest BCUT2D eigenvalue weighted by Gasteiger charge is 2.19. The molecule has 6 heteroatoms. The molecule has 1 aromatic heterocycles. The Morgan fingerprint density at radius 1 is 1.33 bits per heavy atom. The summed E-state index contributed by atoms with van der Waals surface area (Å²) >= 11 is 5.84. The van der Waals surface area contributed by atoms with E-state index in [0.29, 0.717) is 10.7 Å². The highest BCUT2D eigenvalue weighted by atomic mass is 35.5. The number of halogens is 1. The molecule has 1 heterocycles. The minimum atomic E-state index is -0.652. The van der Waals surface area contributed by atoms with Crippen LogP contribution in [0.5, 0.6) is 0 Å². The van der Waals surface area contributed by atoms with E-state index in [4.69, 9.17) is 20.9 Å². The SMILES string of the molecule is O=C(Nc1cccc(Cl)c1)O/N=C1/CCCc2occc21. The number of amides is 1. The maximum atomic E-state index is 11.7. The zero-order valence-electron chi connectivity index (χ0n) is 11.1. The van der Waals surface area contributed by atoms with Crippen molar-refractivity contribution in [3.8, 4) is 0 Å². The quantitative estimate of drug-likeness (QED) is 0.667. The molecule has 0 fully saturated rings. The molecule has 0 unspecified atom stereocenters. The van der Waals surface area contributed by atoms with Gasteiger partial charge in [0.05, 0.1) is 12.0 Å². The largest absolute Gasteiger partial charge is 0.469 e. The molecule has 0 bridgehead atoms. The fraction of sp³-hybridized carbons (Fsp3) is 0.200. The van der Waals surface area contributed by atoms with E-state index in [2.05, 4.69) is 10.5 Å². The summed E-state index contributed by atoms with van der Waals surface area (Å²) in [5.41, 5.74) is 2.20. The van der Waals surface area contributed by atoms with Gasteiger partial charge in [-0.3, -0.25) is 10.2 Å². The van der Waals surface area contributed by atoms with E-state index in [1.165, 1.54) is 0 Å². The summed E-state index contributed by atoms with van der Waals surface area (Å²) in [6.45, 7) is 0. The van der Waals surface area contributed by atoms with Crippen molar-refractivity contribution in [2.75, 3.05) is 5.32 Å². The van der Waals surface area contributed by atoms with Crippen molar-refractivity contribution in [1.29, 1.82) is 0 Å². The van der Waals surface area contributed by atoms with Crippen molar-refractivity contribution < 1.29 is 14.0 Å². The summed E-state index contributed by atoms with van der Waals surface area (Å²) in [5, 5.41) is 7.03. The molecule has 1 aliphatic rings. The van der Waals surface area contributed by atoms with Crippen LogP contribution in [0.3, 0.4) is 0 Å². The first-order valence-corrected chi connectivity index (χ1v) is 6.97. The second-order valence-corrected chi connectivity index (χ2v) is 5.10. The molecule has 1 aliphatic carbocycles. The number of oxime groups is 1. The van der Waals surface area contributed by atoms with Crippen LogP contribution in [0.2, 0.25) is 5.02 Å². The van der Waals surface area contributed by atoms with E-state index in [1.807, 2.05) is 6.07 Å². The van der Waals surface area contributed by atoms with Gasteiger partial charge >= 0.3 is 6.09 Å². The van der Waals surface area contributed by atoms with Gasteiger partial charge in [-0.1, -0.05) is 22.8 Å². The van der Waals surface area contributed by atoms with Crippen molar-refractivity contribution in [2.45, 2.75) is 19.3 Å². The van der Waals surface area contributed by atoms with Crippen LogP contribution in [-0.2, 0) is 11.3 Å². The lowest BCUT2D eigenvalue weighted by Crippen LogP contribution is -2.14. The Hall–Kier alpha value is -2.27. The molecular weight excluding hydrogens is 292 g/mol. The summed E-state index contributed by atoms with van der Waals surface area (Å²) in [6, 6.07) is 8.65. The third-order valence-electron chi connectivity index (χ3n) is 3.18. The van der Waals surface area contributed by atoms with Gasteiger partial charge in [0.25, 0.3) is 0 Å². The Morgan fingerprint density at radius 2 is 2.24 bits per heavy atom. The van der Waals surface area contributed by atoms with Gasteiger partial charge in [-0.25, -0.2) is 4.79 Å². The molecule has 108 valence electrons. The van der Waals surface area contributed by atoms with E-state index >= 15 is 0 Å². The number of nitrogens with zero attached hydrogens (tertiary/aromatic N) is 1. The van der Waals surface area contributed by atoms with Gasteiger partial charge in [0.2, 0.25) is 0 Å². The third-order valence-corrected chi connectivity index (χ3v) is 3.42. The molecule has 0 aliphatic heterocycles. The molecule has 0 saturated heterocycles. The van der Waals surface area contributed by atoms with E-state index in [1.54, 1.807) is 30.5 Å². The maximum absolute atomic E-state index is 11.7. The van der Waals surface area contributed by atoms with Crippen LogP contribution in [0.4, 0.5) is 10.5 Å². The zero-order valence-corrected chi connectivity index (χ0v) is 11.9. The molecule has 2 aromatic rings. The standard InChI is InChI=1S/C15H13ClN2O3/c16-10-3-1-4-11(9-10)17-15(19)21-18-13-5-2-6-14-12(13)7-8-20-14/h1,3-4,7-9H,2,5-6H2,(H,17,19)/b18-13-. The van der Waals surface area contributed by atoms with Crippen molar-refractivity contribution in [3.63, 3.8) is 0 Å². The number of hydrogen-bond acceptors (Lipinski definition) is 4. The lowest BCUT2D eigenvalue weighted by Gasteiger charge is -2.11. The van der Waals surface area contributed by atoms with Gasteiger partial charge in [0.1, 0.15) is 5.76 Å². The average Bonchev–Trinajstić information content (AvgIpc) is 2.94. The highest BCUT2D eigenvalue weighted by molar-refractivity contribution is 6.30. The van der Waals surface area contributed by atoms with Gasteiger partial charge in [0.15, 0.2) is 0 Å². The average molecular weight is 305 g/mol. The summed E-state index contributed by atoms with van der Waals surface area (Å²) in [6.07, 6.45) is 3.55. The number of fused-ring (bicyclic) bond motifs is 1. The van der Waals surface area contributed by atoms with Crippen LogP contribution in [-0.4, -0.2) is 11.8 Å². The van der Waals surface area contributed by atoms with Crippen LogP contribution < -0.4 is 5.32 Å². The number of benzene rings is 1. The fourth-order valence-electron chi connectivity index (χ4n) is 2.24. The molecule has 21 heavy (non-hydrogen) atoms. The van der Waals surface area contributed by atoms with Crippen molar-refractivity contribution in [2.24, 2.45) is 5.16 Å². The molecule has 5 nitrogen and oxygen atoms in total. The maximum Gasteiger partial charge on any atom is 0.437 e. The second kappa shape index (κ2) is 6.01. The fourth-order valence-corrected chi connectivity index (χ4v) is 2.43. The molecule has 1 N–H and O–H groups in total. The van der Waals surface area contributed by atoms with E-state index in [9.17, 15) is 4.79 Å². The van der Waals surface area contributed by atoms with Crippen molar-refractivity contribution >= 4 is 29.1 Å². The van der Waals surface area contributed by atoms with Crippen molar-refractivity contribution in [3.05, 3.63) is 52.9 Å². The van der Waals surface area contributed by atoms with Crippen LogP contribution in [0.15, 0.2) is 46.2 Å². The predicted octanol–water partition coefficient (Wildman–Crippen LogP) is 4.22. The molecule has 1 amide bonds. The first-order chi connectivity index (χ1) is 10.2. The van der Waals surface area contributed by atoms with E-state index < -0.39 is 6.09 Å². The topological polar surface area (TPSA) is 63.8 Å². The van der Waals surface area contributed by atoms with E-state index in [0.717, 1.165) is 36.3 Å². The molecule has 1 aromatic carbocycles. The Labute approximate surface area is 126 Å². The van der Waals surface area contributed by atoms with Crippen LogP contribution in [0.1, 0.15) is 24.2 Å². The second-order valence-electron chi connectivity index (χ2n) is 4.66. The summed E-state index contributed by atoms with van der Waals surface area (Å²) < 4.78 is 5.35. The third kappa shape index (κ3) is 3.25. The minimum absolute atomic E-state index is 0.537. The molecule has 0 spiro atoms. The number of carbonyl (C=O) groups excluding carboxylic acids is 1. The van der Waals surface area contributed by atoms with Gasteiger partial charge < -0.3 is 4.42 Å². The number of hydrogen-bond donors (Lipinski definition) is 1. The molecule has 0 radical (unpaired) electrons. The Bertz CT molecular complexity index is 694. The van der Waals surface area contributed by atoms with Gasteiger partial charge in [-0.15, -0.1) is 0 Å². The zero-order chi connectivity index (χ0) is 14.7. The predicted molar refractivity (Wildman–Crippen MR) is 79.7 cm³/mol. The van der Waals surface area contributed by atoms with Gasteiger partial charge in [0, 0.05) is 22.7 Å². The Balaban J connectivity index is 1.65. The summed E-state index contributed by atoms with van der Waals surface area (Å²) in [4.78, 5) is 16.6. The number of nitrogens with one attached hydrogen (secondary N) is 1. The summed E-state index contributed by atoms with van der Waals surface area (Å²) in [7, 11) is 0. The molecule has 0 atom stereocenters. The number of aryl methyl sites for hydroxylation is 1. The smallest absolute Gasteiger partial charge is 0.437 e. The number of rotatable bonds is 2. The molecule has 3 rings (SSSR count). The number of carbonyl (C=O) groups is 1. The lowest BCUT2D eigenvalue weighted by molar-refractivity contribution is 0.166. The summed E-state index contributed by atoms with van der Waals surface area (Å²) in [5.74, 6) is 0.888. The monoisotopic (exact) mass is 304 g/mol. The van der Waals surface area contributed by atoms with Crippen LogP contribution >= 0.6 is 11.6 Å². The number of anilines is 1. The van der Waals surface area contributed by atoms with Gasteiger partial charge in [-0.05, 0) is 37.1 Å². The Kier molecular flexibility index (Phi) is 3.92. The van der Waals surface area contributed by atoms with E-state index in [-0.39, 0.29) is 0 Å². The van der Waals surface area contributed by atoms with Crippen LogP contribution in [0, 0.1) is 0 Å². The molecular formula is C15H13ClN2O3. The first-order valence-electron chi connectivity index (χ1n) is 6.59. The van der Waals surface area contributed by atoms with Crippen LogP contribution in [0.25, 0.3) is 0 Å². The van der Waals surface area contributed by atoms with Gasteiger partial charge in [-0.2, -0.15) is 0 Å². The first kappa shape index (κ1) is 13.7. The normalized spacial score (nSPS) is 15.6. The lowest BCUT2D eigenvalue weighted by atomic mass is 9.97. The highest BCUT2D eigenvalue weighted by Crippen LogP contribution is 2.23. The van der Waals surface area contributed by atoms with Crippen molar-refractivity contribution in [1.82, 2.24) is 0 Å². The number of furan rings is 1. The Morgan fingerprint density at radius 3 is 3.10 bits per heavy atom. The molecule has 0 saturated carbocycles. The minimum Gasteiger partial charge on any atom is -0.469 e.